The first-order valence-electron chi connectivity index (χ1n) is 6.25. The molecule has 0 aromatic rings. The summed E-state index contributed by atoms with van der Waals surface area (Å²) >= 11 is 0. The minimum atomic E-state index is -4.97. The Balaban J connectivity index is 2.89. The van der Waals surface area contributed by atoms with Gasteiger partial charge in [0.25, 0.3) is 0 Å². The first-order valence-corrected chi connectivity index (χ1v) is 6.25. The molecule has 1 aliphatic rings. The topological polar surface area (TPSA) is 101 Å². The Kier molecular flexibility index (Phi) is 5.40. The molecule has 1 fully saturated rings. The number of alkyl halides is 3. The zero-order valence-corrected chi connectivity index (χ0v) is 11.1. The van der Waals surface area contributed by atoms with Crippen LogP contribution in [0.1, 0.15) is 6.42 Å². The Morgan fingerprint density at radius 1 is 1.19 bits per heavy atom. The van der Waals surface area contributed by atoms with Gasteiger partial charge >= 0.3 is 18.2 Å². The number of carboxylic acid groups (broad SMARTS) is 1. The molecule has 0 aromatic heterocycles. The number of carbonyl (C=O) groups is 2. The summed E-state index contributed by atoms with van der Waals surface area (Å²) < 4.78 is 39.0. The lowest BCUT2D eigenvalue weighted by molar-refractivity contribution is -0.227. The predicted octanol–water partition coefficient (Wildman–Crippen LogP) is -0.268. The number of likely N-dealkylation sites (tertiary alicyclic amines) is 1. The van der Waals surface area contributed by atoms with Gasteiger partial charge < -0.3 is 25.1 Å². The number of carboxylic acids is 1. The van der Waals surface area contributed by atoms with Gasteiger partial charge in [-0.15, -0.1) is 0 Å². The number of amides is 2. The highest BCUT2D eigenvalue weighted by Crippen LogP contribution is 2.45. The molecule has 0 aliphatic carbocycles. The predicted molar refractivity (Wildman–Crippen MR) is 63.5 cm³/mol. The molecular formula is C11H17F3N2O5. The van der Waals surface area contributed by atoms with Gasteiger partial charge in [0, 0.05) is 26.2 Å². The lowest BCUT2D eigenvalue weighted by atomic mass is 9.86. The molecule has 2 amide bonds. The van der Waals surface area contributed by atoms with Crippen LogP contribution in [0.5, 0.6) is 0 Å². The number of hydrogen-bond donors (Lipinski definition) is 3. The highest BCUT2D eigenvalue weighted by atomic mass is 19.4. The molecule has 10 heteroatoms. The van der Waals surface area contributed by atoms with Crippen molar-refractivity contribution in [2.75, 3.05) is 39.4 Å². The fourth-order valence-corrected chi connectivity index (χ4v) is 2.24. The third-order valence-corrected chi connectivity index (χ3v) is 3.50. The maximum atomic E-state index is 13.0. The second kappa shape index (κ2) is 6.48. The average molecular weight is 314 g/mol. The van der Waals surface area contributed by atoms with E-state index in [2.05, 4.69) is 0 Å². The van der Waals surface area contributed by atoms with Gasteiger partial charge in [-0.25, -0.2) is 4.79 Å². The number of aliphatic hydroxyl groups excluding tert-OH is 2. The van der Waals surface area contributed by atoms with Gasteiger partial charge in [-0.05, 0) is 6.42 Å². The van der Waals surface area contributed by atoms with Crippen molar-refractivity contribution in [2.24, 2.45) is 5.41 Å². The number of aliphatic carboxylic acids is 1. The van der Waals surface area contributed by atoms with Crippen LogP contribution in [0.25, 0.3) is 0 Å². The van der Waals surface area contributed by atoms with Crippen molar-refractivity contribution in [1.82, 2.24) is 9.80 Å². The average Bonchev–Trinajstić information content (AvgIpc) is 2.83. The Morgan fingerprint density at radius 3 is 2.05 bits per heavy atom. The van der Waals surface area contributed by atoms with Crippen LogP contribution in [0.2, 0.25) is 0 Å². The van der Waals surface area contributed by atoms with E-state index in [0.29, 0.717) is 0 Å². The zero-order chi connectivity index (χ0) is 16.3. The quantitative estimate of drug-likeness (QED) is 0.648. The van der Waals surface area contributed by atoms with Gasteiger partial charge in [0.05, 0.1) is 13.2 Å². The van der Waals surface area contributed by atoms with Gasteiger partial charge in [0.2, 0.25) is 0 Å². The number of urea groups is 1. The van der Waals surface area contributed by atoms with Gasteiger partial charge in [0.1, 0.15) is 0 Å². The molecule has 0 bridgehead atoms. The standard InChI is InChI=1S/C11H17F3N2O5/c12-11(13,14)10(8(19)20)1-2-16(7-10)9(21)15(3-5-17)4-6-18/h17-18H,1-7H2,(H,19,20). The monoisotopic (exact) mass is 314 g/mol. The van der Waals surface area contributed by atoms with E-state index in [-0.39, 0.29) is 19.6 Å². The number of rotatable bonds is 5. The summed E-state index contributed by atoms with van der Waals surface area (Å²) in [6, 6.07) is -0.828. The maximum absolute atomic E-state index is 13.0. The molecule has 21 heavy (non-hydrogen) atoms. The highest BCUT2D eigenvalue weighted by molar-refractivity contribution is 5.80. The molecule has 7 nitrogen and oxygen atoms in total. The fraction of sp³-hybridized carbons (Fsp3) is 0.818. The lowest BCUT2D eigenvalue weighted by Gasteiger charge is -2.30. The van der Waals surface area contributed by atoms with E-state index in [1.165, 1.54) is 0 Å². The summed E-state index contributed by atoms with van der Waals surface area (Å²) in [7, 11) is 0. The molecule has 1 heterocycles. The zero-order valence-electron chi connectivity index (χ0n) is 11.1. The molecule has 0 radical (unpaired) electrons. The third-order valence-electron chi connectivity index (χ3n) is 3.50. The van der Waals surface area contributed by atoms with Gasteiger partial charge in [-0.3, -0.25) is 4.79 Å². The third kappa shape index (κ3) is 3.38. The summed E-state index contributed by atoms with van der Waals surface area (Å²) in [6.07, 6.45) is -5.68. The summed E-state index contributed by atoms with van der Waals surface area (Å²) in [6.45, 7) is -2.45. The van der Waals surface area contributed by atoms with Crippen LogP contribution in [0, 0.1) is 5.41 Å². The summed E-state index contributed by atoms with van der Waals surface area (Å²) in [4.78, 5) is 24.8. The van der Waals surface area contributed by atoms with Crippen LogP contribution in [-0.4, -0.2) is 82.7 Å². The molecule has 1 aliphatic heterocycles. The van der Waals surface area contributed by atoms with Crippen molar-refractivity contribution in [3.05, 3.63) is 0 Å². The van der Waals surface area contributed by atoms with Gasteiger partial charge in [-0.1, -0.05) is 0 Å². The Labute approximate surface area is 118 Å². The van der Waals surface area contributed by atoms with Gasteiger partial charge in [0.15, 0.2) is 5.41 Å². The summed E-state index contributed by atoms with van der Waals surface area (Å²) in [5, 5.41) is 26.5. The molecule has 0 spiro atoms. The highest BCUT2D eigenvalue weighted by Gasteiger charge is 2.64. The van der Waals surface area contributed by atoms with Crippen molar-refractivity contribution in [1.29, 1.82) is 0 Å². The van der Waals surface area contributed by atoms with Crippen molar-refractivity contribution in [2.45, 2.75) is 12.6 Å². The smallest absolute Gasteiger partial charge is 0.406 e. The first-order chi connectivity index (χ1) is 9.69. The van der Waals surface area contributed by atoms with Crippen LogP contribution in [0.4, 0.5) is 18.0 Å². The fourth-order valence-electron chi connectivity index (χ4n) is 2.24. The minimum Gasteiger partial charge on any atom is -0.481 e. The molecule has 0 saturated carbocycles. The van der Waals surface area contributed by atoms with Crippen LogP contribution < -0.4 is 0 Å². The number of halogens is 3. The summed E-state index contributed by atoms with van der Waals surface area (Å²) in [5.74, 6) is -2.01. The molecule has 1 rings (SSSR count). The Hall–Kier alpha value is -1.55. The van der Waals surface area contributed by atoms with Crippen molar-refractivity contribution >= 4 is 12.0 Å². The van der Waals surface area contributed by atoms with Crippen LogP contribution >= 0.6 is 0 Å². The van der Waals surface area contributed by atoms with Crippen molar-refractivity contribution in [3.8, 4) is 0 Å². The van der Waals surface area contributed by atoms with Crippen molar-refractivity contribution < 1.29 is 38.1 Å². The number of aliphatic hydroxyl groups is 2. The molecule has 1 unspecified atom stereocenters. The van der Waals surface area contributed by atoms with E-state index < -0.39 is 49.8 Å². The second-order valence-electron chi connectivity index (χ2n) is 4.77. The first kappa shape index (κ1) is 17.5. The second-order valence-corrected chi connectivity index (χ2v) is 4.77. The lowest BCUT2D eigenvalue weighted by Crippen LogP contribution is -2.50. The molecular weight excluding hydrogens is 297 g/mol. The van der Waals surface area contributed by atoms with E-state index in [9.17, 15) is 22.8 Å². The summed E-state index contributed by atoms with van der Waals surface area (Å²) in [5.41, 5.74) is -2.97. The van der Waals surface area contributed by atoms with Crippen LogP contribution in [-0.2, 0) is 4.79 Å². The van der Waals surface area contributed by atoms with E-state index in [1.54, 1.807) is 0 Å². The molecule has 1 saturated heterocycles. The Bertz CT molecular complexity index is 398. The number of nitrogens with zero attached hydrogens (tertiary/aromatic N) is 2. The van der Waals surface area contributed by atoms with E-state index >= 15 is 0 Å². The minimum absolute atomic E-state index is 0.151. The molecule has 0 aromatic carbocycles. The number of hydrogen-bond acceptors (Lipinski definition) is 4. The normalized spacial score (nSPS) is 22.4. The van der Waals surface area contributed by atoms with Crippen LogP contribution in [0.3, 0.4) is 0 Å². The molecule has 1 atom stereocenters. The van der Waals surface area contributed by atoms with E-state index in [0.717, 1.165) is 9.80 Å². The molecule has 3 N–H and O–H groups in total. The number of carbonyl (C=O) groups excluding carboxylic acids is 1. The van der Waals surface area contributed by atoms with Gasteiger partial charge in [-0.2, -0.15) is 13.2 Å². The maximum Gasteiger partial charge on any atom is 0.406 e. The van der Waals surface area contributed by atoms with E-state index in [4.69, 9.17) is 15.3 Å². The van der Waals surface area contributed by atoms with E-state index in [1.807, 2.05) is 0 Å². The van der Waals surface area contributed by atoms with Crippen LogP contribution in [0.15, 0.2) is 0 Å². The SMILES string of the molecule is O=C(N(CCO)CCO)N1CCC(C(=O)O)(C(F)(F)F)C1. The Morgan fingerprint density at radius 2 is 1.71 bits per heavy atom. The molecule has 122 valence electrons. The largest absolute Gasteiger partial charge is 0.481 e. The van der Waals surface area contributed by atoms with Crippen molar-refractivity contribution in [3.63, 3.8) is 0 Å².